The standard InChI is InChI=1S/C42H72N4O11/c1-35(2)19-23(39(9,10)43-35)31(47)54-27-17-29(56-33(49)25-21-37(5,6)45(52)41(25,13)14)30(57-34(50)26-22-38(7,8)46(53)42(26,15)16)18-28(27)55-32(48)24-20-36(3,4)44(51)40(24,11)12/h23-30,43,51-53H,17-22H2,1-16H3. The topological polar surface area (TPSA) is 188 Å². The summed E-state index contributed by atoms with van der Waals surface area (Å²) in [6, 6.07) is 0. The Balaban J connectivity index is 1.51. The number of carbonyl (C=O) groups is 4. The molecule has 0 bridgehead atoms. The number of hydrogen-bond donors (Lipinski definition) is 4. The van der Waals surface area contributed by atoms with Gasteiger partial charge in [-0.15, -0.1) is 0 Å². The molecule has 5 rings (SSSR count). The number of rotatable bonds is 8. The van der Waals surface area contributed by atoms with Gasteiger partial charge in [0.1, 0.15) is 24.4 Å². The molecule has 4 saturated heterocycles. The van der Waals surface area contributed by atoms with Gasteiger partial charge in [0.25, 0.3) is 0 Å². The van der Waals surface area contributed by atoms with Crippen LogP contribution in [0, 0.1) is 23.7 Å². The molecule has 5 aliphatic rings. The summed E-state index contributed by atoms with van der Waals surface area (Å²) >= 11 is 0. The fraction of sp³-hybridized carbons (Fsp3) is 0.905. The second-order valence-corrected chi connectivity index (χ2v) is 22.5. The van der Waals surface area contributed by atoms with Gasteiger partial charge in [0.2, 0.25) is 0 Å². The van der Waals surface area contributed by atoms with E-state index in [9.17, 15) is 34.8 Å². The predicted octanol–water partition coefficient (Wildman–Crippen LogP) is 5.40. The second-order valence-electron chi connectivity index (χ2n) is 22.5. The zero-order valence-corrected chi connectivity index (χ0v) is 37.3. The smallest absolute Gasteiger partial charge is 0.311 e. The molecule has 4 N–H and O–H groups in total. The van der Waals surface area contributed by atoms with Crippen molar-refractivity contribution in [3.8, 4) is 0 Å². The third kappa shape index (κ3) is 8.24. The highest BCUT2D eigenvalue weighted by atomic mass is 16.6. The SMILES string of the molecule is CC1(C)CC(C(=O)OC2CC(OC(=O)C3CC(C)(C)N(O)C3(C)C)C(OC(=O)C3CC(C)(C)N(O)C3(C)C)CC2OC(=O)C2CC(C)(C)N(O)C2(C)C)C(C)(C)N1. The van der Waals surface area contributed by atoms with E-state index in [4.69, 9.17) is 18.9 Å². The predicted molar refractivity (Wildman–Crippen MR) is 208 cm³/mol. The molecule has 8 atom stereocenters. The lowest BCUT2D eigenvalue weighted by atomic mass is 9.84. The van der Waals surface area contributed by atoms with Gasteiger partial charge in [0, 0.05) is 40.5 Å². The zero-order chi connectivity index (χ0) is 43.4. The lowest BCUT2D eigenvalue weighted by Gasteiger charge is -2.42. The minimum absolute atomic E-state index is 0.145. The average Bonchev–Trinajstić information content (AvgIpc) is 3.54. The minimum atomic E-state index is -1.13. The van der Waals surface area contributed by atoms with Crippen LogP contribution >= 0.6 is 0 Å². The molecule has 0 aromatic rings. The Labute approximate surface area is 339 Å². The maximum absolute atomic E-state index is 14.2. The van der Waals surface area contributed by atoms with Gasteiger partial charge in [-0.25, -0.2) is 0 Å². The molecule has 0 aromatic heterocycles. The molecule has 0 amide bonds. The second kappa shape index (κ2) is 14.4. The minimum Gasteiger partial charge on any atom is -0.458 e. The van der Waals surface area contributed by atoms with Crippen LogP contribution in [0.5, 0.6) is 0 Å². The third-order valence-electron chi connectivity index (χ3n) is 14.2. The molecular formula is C42H72N4O11. The summed E-state index contributed by atoms with van der Waals surface area (Å²) < 4.78 is 25.2. The molecule has 8 unspecified atom stereocenters. The molecule has 4 heterocycles. The highest BCUT2D eigenvalue weighted by molar-refractivity contribution is 5.78. The first-order valence-corrected chi connectivity index (χ1v) is 20.7. The maximum atomic E-state index is 14.2. The number of ether oxygens (including phenoxy) is 4. The Bertz CT molecular complexity index is 1600. The normalized spacial score (nSPS) is 37.4. The van der Waals surface area contributed by atoms with Crippen molar-refractivity contribution in [3.63, 3.8) is 0 Å². The quantitative estimate of drug-likeness (QED) is 0.180. The Morgan fingerprint density at radius 2 is 0.684 bits per heavy atom. The van der Waals surface area contributed by atoms with Crippen LogP contribution in [0.1, 0.15) is 149 Å². The van der Waals surface area contributed by atoms with Crippen LogP contribution in [0.25, 0.3) is 0 Å². The van der Waals surface area contributed by atoms with E-state index >= 15 is 0 Å². The summed E-state index contributed by atoms with van der Waals surface area (Å²) in [7, 11) is 0. The summed E-state index contributed by atoms with van der Waals surface area (Å²) in [5.41, 5.74) is -6.15. The van der Waals surface area contributed by atoms with Gasteiger partial charge in [-0.2, -0.15) is 15.2 Å². The van der Waals surface area contributed by atoms with Gasteiger partial charge >= 0.3 is 23.9 Å². The van der Waals surface area contributed by atoms with E-state index in [-0.39, 0.29) is 31.2 Å². The fourth-order valence-electron chi connectivity index (χ4n) is 11.0. The van der Waals surface area contributed by atoms with Crippen molar-refractivity contribution in [1.82, 2.24) is 20.5 Å². The van der Waals surface area contributed by atoms with Crippen molar-refractivity contribution in [2.45, 2.75) is 218 Å². The van der Waals surface area contributed by atoms with Crippen molar-refractivity contribution in [3.05, 3.63) is 0 Å². The number of esters is 4. The first-order valence-electron chi connectivity index (χ1n) is 20.7. The van der Waals surface area contributed by atoms with E-state index in [1.807, 2.05) is 69.2 Å². The molecule has 15 heteroatoms. The van der Waals surface area contributed by atoms with Gasteiger partial charge in [0.05, 0.1) is 40.3 Å². The van der Waals surface area contributed by atoms with E-state index in [0.717, 1.165) is 0 Å². The molecule has 4 aliphatic heterocycles. The number of hydroxylamine groups is 6. The average molecular weight is 809 g/mol. The summed E-state index contributed by atoms with van der Waals surface area (Å²) in [6.07, 6.45) is -3.39. The van der Waals surface area contributed by atoms with Gasteiger partial charge in [-0.1, -0.05) is 0 Å². The number of carbonyl (C=O) groups excluding carboxylic acids is 4. The monoisotopic (exact) mass is 809 g/mol. The highest BCUT2D eigenvalue weighted by Gasteiger charge is 2.60. The molecular weight excluding hydrogens is 736 g/mol. The van der Waals surface area contributed by atoms with Crippen molar-refractivity contribution in [1.29, 1.82) is 0 Å². The van der Waals surface area contributed by atoms with Crippen molar-refractivity contribution in [2.75, 3.05) is 0 Å². The Kier molecular flexibility index (Phi) is 11.5. The van der Waals surface area contributed by atoms with Gasteiger partial charge in [-0.05, 0) is 136 Å². The van der Waals surface area contributed by atoms with Crippen LogP contribution in [0.3, 0.4) is 0 Å². The van der Waals surface area contributed by atoms with E-state index in [0.29, 0.717) is 12.8 Å². The van der Waals surface area contributed by atoms with E-state index in [2.05, 4.69) is 5.32 Å². The molecule has 0 radical (unpaired) electrons. The highest BCUT2D eigenvalue weighted by Crippen LogP contribution is 2.48. The lowest BCUT2D eigenvalue weighted by molar-refractivity contribution is -0.216. The van der Waals surface area contributed by atoms with Crippen LogP contribution in [-0.2, 0) is 38.1 Å². The molecule has 326 valence electrons. The summed E-state index contributed by atoms with van der Waals surface area (Å²) in [4.78, 5) is 56.8. The van der Waals surface area contributed by atoms with Crippen LogP contribution < -0.4 is 5.32 Å². The molecule has 0 aromatic carbocycles. The summed E-state index contributed by atoms with van der Waals surface area (Å²) in [5.74, 6) is -5.16. The third-order valence-corrected chi connectivity index (χ3v) is 14.2. The van der Waals surface area contributed by atoms with Crippen molar-refractivity contribution < 1.29 is 53.7 Å². The van der Waals surface area contributed by atoms with Crippen molar-refractivity contribution in [2.24, 2.45) is 23.7 Å². The Morgan fingerprint density at radius 3 is 0.877 bits per heavy atom. The van der Waals surface area contributed by atoms with Crippen LogP contribution in [0.2, 0.25) is 0 Å². The van der Waals surface area contributed by atoms with Crippen LogP contribution in [0.15, 0.2) is 0 Å². The Morgan fingerprint density at radius 1 is 0.439 bits per heavy atom. The summed E-state index contributed by atoms with van der Waals surface area (Å²) in [5, 5.41) is 40.1. The number of hydrogen-bond acceptors (Lipinski definition) is 15. The maximum Gasteiger partial charge on any atom is 0.311 e. The number of nitrogens with zero attached hydrogens (tertiary/aromatic N) is 3. The lowest BCUT2D eigenvalue weighted by Crippen LogP contribution is -2.55. The molecule has 15 nitrogen and oxygen atoms in total. The van der Waals surface area contributed by atoms with Gasteiger partial charge in [-0.3, -0.25) is 19.2 Å². The van der Waals surface area contributed by atoms with Crippen LogP contribution in [-0.4, -0.2) is 123 Å². The molecule has 5 fully saturated rings. The van der Waals surface area contributed by atoms with Crippen molar-refractivity contribution >= 4 is 23.9 Å². The van der Waals surface area contributed by atoms with E-state index in [1.165, 1.54) is 15.2 Å². The Hall–Kier alpha value is -2.40. The molecule has 0 spiro atoms. The largest absolute Gasteiger partial charge is 0.458 e. The van der Waals surface area contributed by atoms with Crippen LogP contribution in [0.4, 0.5) is 0 Å². The molecule has 57 heavy (non-hydrogen) atoms. The van der Waals surface area contributed by atoms with E-state index < -0.39 is 111 Å². The molecule has 1 aliphatic carbocycles. The first kappa shape index (κ1) is 45.7. The van der Waals surface area contributed by atoms with E-state index in [1.54, 1.807) is 41.5 Å². The zero-order valence-electron chi connectivity index (χ0n) is 37.3. The first-order chi connectivity index (χ1) is 25.6. The van der Waals surface area contributed by atoms with Gasteiger partial charge < -0.3 is 39.9 Å². The summed E-state index contributed by atoms with van der Waals surface area (Å²) in [6.45, 7) is 29.5. The van der Waals surface area contributed by atoms with Gasteiger partial charge in [0.15, 0.2) is 0 Å². The fourth-order valence-corrected chi connectivity index (χ4v) is 11.0. The number of nitrogens with one attached hydrogen (secondary N) is 1. The molecule has 1 saturated carbocycles.